The van der Waals surface area contributed by atoms with Crippen molar-refractivity contribution < 1.29 is 23.8 Å². The van der Waals surface area contributed by atoms with Crippen LogP contribution in [0.25, 0.3) is 0 Å². The third kappa shape index (κ3) is 2.65. The molecule has 2 heterocycles. The molecule has 1 saturated heterocycles. The number of morpholine rings is 1. The standard InChI is InChI=1S/C16H20N2O5/c1-21-14(19)16(15(20)22-2)8-11-7-13(17-10-12(11)9-16)18-3-5-23-6-4-18/h7,10H,3-6,8-9H2,1-2H3. The minimum atomic E-state index is -1.29. The van der Waals surface area contributed by atoms with Crippen LogP contribution < -0.4 is 4.90 Å². The Balaban J connectivity index is 1.90. The van der Waals surface area contributed by atoms with E-state index in [1.807, 2.05) is 6.07 Å². The van der Waals surface area contributed by atoms with Gasteiger partial charge >= 0.3 is 11.9 Å². The zero-order valence-electron chi connectivity index (χ0n) is 13.3. The molecule has 0 saturated carbocycles. The number of rotatable bonds is 3. The maximum absolute atomic E-state index is 12.2. The number of aromatic nitrogens is 1. The first-order chi connectivity index (χ1) is 11.1. The Labute approximate surface area is 134 Å². The molecule has 0 N–H and O–H groups in total. The molecule has 1 aliphatic carbocycles. The van der Waals surface area contributed by atoms with Crippen LogP contribution in [0.1, 0.15) is 11.1 Å². The van der Waals surface area contributed by atoms with Gasteiger partial charge in [0, 0.05) is 25.7 Å². The summed E-state index contributed by atoms with van der Waals surface area (Å²) < 4.78 is 15.0. The molecule has 1 fully saturated rings. The highest BCUT2D eigenvalue weighted by molar-refractivity contribution is 6.01. The van der Waals surface area contributed by atoms with Gasteiger partial charge in [-0.2, -0.15) is 0 Å². The van der Waals surface area contributed by atoms with Gasteiger partial charge in [-0.15, -0.1) is 0 Å². The van der Waals surface area contributed by atoms with Crippen LogP contribution in [0.15, 0.2) is 12.3 Å². The van der Waals surface area contributed by atoms with Gasteiger partial charge in [0.2, 0.25) is 0 Å². The minimum Gasteiger partial charge on any atom is -0.468 e. The molecule has 0 aromatic carbocycles. The Kier molecular flexibility index (Phi) is 4.21. The number of ether oxygens (including phenoxy) is 3. The summed E-state index contributed by atoms with van der Waals surface area (Å²) >= 11 is 0. The molecule has 2 aliphatic rings. The van der Waals surface area contributed by atoms with E-state index in [1.54, 1.807) is 6.20 Å². The number of anilines is 1. The second kappa shape index (κ2) is 6.16. The first-order valence-electron chi connectivity index (χ1n) is 7.58. The molecule has 0 spiro atoms. The topological polar surface area (TPSA) is 78.0 Å². The summed E-state index contributed by atoms with van der Waals surface area (Å²) in [5.74, 6) is -0.278. The van der Waals surface area contributed by atoms with Gasteiger partial charge in [-0.25, -0.2) is 4.98 Å². The Morgan fingerprint density at radius 3 is 2.35 bits per heavy atom. The lowest BCUT2D eigenvalue weighted by Crippen LogP contribution is -2.42. The van der Waals surface area contributed by atoms with Crippen molar-refractivity contribution in [2.45, 2.75) is 12.8 Å². The van der Waals surface area contributed by atoms with Gasteiger partial charge in [0.25, 0.3) is 0 Å². The van der Waals surface area contributed by atoms with Crippen molar-refractivity contribution in [2.75, 3.05) is 45.4 Å². The molecular weight excluding hydrogens is 300 g/mol. The van der Waals surface area contributed by atoms with Gasteiger partial charge in [-0.1, -0.05) is 0 Å². The van der Waals surface area contributed by atoms with Crippen molar-refractivity contribution in [3.8, 4) is 0 Å². The van der Waals surface area contributed by atoms with Crippen molar-refractivity contribution in [3.63, 3.8) is 0 Å². The van der Waals surface area contributed by atoms with Crippen LogP contribution in [0.3, 0.4) is 0 Å². The lowest BCUT2D eigenvalue weighted by Gasteiger charge is -2.28. The maximum atomic E-state index is 12.2. The van der Waals surface area contributed by atoms with E-state index in [0.717, 1.165) is 30.0 Å². The van der Waals surface area contributed by atoms with Crippen LogP contribution in [0.4, 0.5) is 5.82 Å². The molecule has 1 aliphatic heterocycles. The fourth-order valence-corrected chi connectivity index (χ4v) is 3.28. The average Bonchev–Trinajstić information content (AvgIpc) is 3.00. The summed E-state index contributed by atoms with van der Waals surface area (Å²) in [6, 6.07) is 1.95. The van der Waals surface area contributed by atoms with E-state index >= 15 is 0 Å². The molecule has 0 amide bonds. The molecule has 0 bridgehead atoms. The first kappa shape index (κ1) is 15.7. The van der Waals surface area contributed by atoms with E-state index in [1.165, 1.54) is 14.2 Å². The van der Waals surface area contributed by atoms with Crippen molar-refractivity contribution in [3.05, 3.63) is 23.4 Å². The molecule has 0 radical (unpaired) electrons. The number of carbonyl (C=O) groups excluding carboxylic acids is 2. The summed E-state index contributed by atoms with van der Waals surface area (Å²) in [4.78, 5) is 31.1. The number of methoxy groups -OCH3 is 2. The van der Waals surface area contributed by atoms with E-state index < -0.39 is 17.4 Å². The molecule has 23 heavy (non-hydrogen) atoms. The van der Waals surface area contributed by atoms with Gasteiger partial charge in [-0.3, -0.25) is 9.59 Å². The number of pyridine rings is 1. The lowest BCUT2D eigenvalue weighted by atomic mass is 9.85. The second-order valence-electron chi connectivity index (χ2n) is 5.83. The third-order valence-corrected chi connectivity index (χ3v) is 4.54. The van der Waals surface area contributed by atoms with Gasteiger partial charge in [0.15, 0.2) is 5.41 Å². The van der Waals surface area contributed by atoms with Crippen LogP contribution in [-0.2, 0) is 36.6 Å². The summed E-state index contributed by atoms with van der Waals surface area (Å²) in [6.45, 7) is 2.91. The van der Waals surface area contributed by atoms with E-state index in [-0.39, 0.29) is 12.8 Å². The number of nitrogens with zero attached hydrogens (tertiary/aromatic N) is 2. The zero-order chi connectivity index (χ0) is 16.4. The van der Waals surface area contributed by atoms with Crippen molar-refractivity contribution in [1.82, 2.24) is 4.98 Å². The molecule has 3 rings (SSSR count). The monoisotopic (exact) mass is 320 g/mol. The van der Waals surface area contributed by atoms with Crippen LogP contribution in [0.5, 0.6) is 0 Å². The van der Waals surface area contributed by atoms with Crippen molar-refractivity contribution in [1.29, 1.82) is 0 Å². The van der Waals surface area contributed by atoms with Crippen molar-refractivity contribution in [2.24, 2.45) is 5.41 Å². The number of hydrogen-bond acceptors (Lipinski definition) is 7. The predicted molar refractivity (Wildman–Crippen MR) is 81.1 cm³/mol. The quantitative estimate of drug-likeness (QED) is 0.587. The molecule has 7 heteroatoms. The fraction of sp³-hybridized carbons (Fsp3) is 0.562. The summed E-state index contributed by atoms with van der Waals surface area (Å²) in [7, 11) is 2.57. The Bertz CT molecular complexity index is 609. The number of carbonyl (C=O) groups is 2. The summed E-state index contributed by atoms with van der Waals surface area (Å²) in [5.41, 5.74) is 0.534. The Hall–Kier alpha value is -2.15. The number of esters is 2. The Morgan fingerprint density at radius 2 is 1.74 bits per heavy atom. The normalized spacial score (nSPS) is 19.1. The molecule has 7 nitrogen and oxygen atoms in total. The molecule has 1 aromatic heterocycles. The van der Waals surface area contributed by atoms with E-state index in [2.05, 4.69) is 9.88 Å². The highest BCUT2D eigenvalue weighted by atomic mass is 16.5. The molecular formula is C16H20N2O5. The SMILES string of the molecule is COC(=O)C1(C(=O)OC)Cc2cnc(N3CCOCC3)cc2C1. The van der Waals surface area contributed by atoms with Gasteiger partial charge in [0.05, 0.1) is 27.4 Å². The van der Waals surface area contributed by atoms with Crippen molar-refractivity contribution >= 4 is 17.8 Å². The fourth-order valence-electron chi connectivity index (χ4n) is 3.28. The minimum absolute atomic E-state index is 0.262. The average molecular weight is 320 g/mol. The summed E-state index contributed by atoms with van der Waals surface area (Å²) in [6.07, 6.45) is 2.29. The van der Waals surface area contributed by atoms with E-state index in [9.17, 15) is 9.59 Å². The van der Waals surface area contributed by atoms with Gasteiger partial charge in [0.1, 0.15) is 5.82 Å². The third-order valence-electron chi connectivity index (χ3n) is 4.54. The molecule has 1 aromatic rings. The van der Waals surface area contributed by atoms with E-state index in [0.29, 0.717) is 13.2 Å². The van der Waals surface area contributed by atoms with Gasteiger partial charge < -0.3 is 19.1 Å². The largest absolute Gasteiger partial charge is 0.468 e. The zero-order valence-corrected chi connectivity index (χ0v) is 13.3. The highest BCUT2D eigenvalue weighted by Crippen LogP contribution is 2.40. The molecule has 0 atom stereocenters. The number of hydrogen-bond donors (Lipinski definition) is 0. The maximum Gasteiger partial charge on any atom is 0.323 e. The first-order valence-corrected chi connectivity index (χ1v) is 7.58. The smallest absolute Gasteiger partial charge is 0.323 e. The van der Waals surface area contributed by atoms with Crippen LogP contribution in [0.2, 0.25) is 0 Å². The second-order valence-corrected chi connectivity index (χ2v) is 5.83. The van der Waals surface area contributed by atoms with Crippen LogP contribution in [0, 0.1) is 5.41 Å². The van der Waals surface area contributed by atoms with E-state index in [4.69, 9.17) is 14.2 Å². The van der Waals surface area contributed by atoms with Crippen LogP contribution >= 0.6 is 0 Å². The molecule has 124 valence electrons. The molecule has 0 unspecified atom stereocenters. The predicted octanol–water partition coefficient (Wildman–Crippen LogP) is 0.349. The van der Waals surface area contributed by atoms with Gasteiger partial charge in [-0.05, 0) is 23.6 Å². The highest BCUT2D eigenvalue weighted by Gasteiger charge is 2.52. The summed E-state index contributed by atoms with van der Waals surface area (Å²) in [5, 5.41) is 0. The number of fused-ring (bicyclic) bond motifs is 1. The Morgan fingerprint density at radius 1 is 1.13 bits per heavy atom. The lowest BCUT2D eigenvalue weighted by molar-refractivity contribution is -0.168. The van der Waals surface area contributed by atoms with Crippen LogP contribution in [-0.4, -0.2) is 57.4 Å².